The molecule has 27 heavy (non-hydrogen) atoms. The average molecular weight is 389 g/mol. The van der Waals surface area contributed by atoms with Gasteiger partial charge in [0.1, 0.15) is 0 Å². The van der Waals surface area contributed by atoms with Crippen molar-refractivity contribution in [1.82, 2.24) is 20.4 Å². The number of carbonyl (C=O) groups is 1. The number of hydrogen-bond acceptors (Lipinski definition) is 3. The Kier molecular flexibility index (Phi) is 6.91. The van der Waals surface area contributed by atoms with Crippen molar-refractivity contribution in [2.45, 2.75) is 65.1 Å². The molecule has 5 nitrogen and oxygen atoms in total. The first-order valence-electron chi connectivity index (χ1n) is 9.81. The molecule has 1 aromatic heterocycles. The van der Waals surface area contributed by atoms with Gasteiger partial charge in [0.15, 0.2) is 0 Å². The predicted octanol–water partition coefficient (Wildman–Crippen LogP) is 3.74. The Bertz CT molecular complexity index is 780. The van der Waals surface area contributed by atoms with Gasteiger partial charge >= 0.3 is 0 Å². The van der Waals surface area contributed by atoms with Crippen molar-refractivity contribution in [3.8, 4) is 0 Å². The Balaban J connectivity index is 1.53. The summed E-state index contributed by atoms with van der Waals surface area (Å²) in [6, 6.07) is 8.19. The first-order chi connectivity index (χ1) is 13.0. The van der Waals surface area contributed by atoms with E-state index in [4.69, 9.17) is 11.6 Å². The van der Waals surface area contributed by atoms with Crippen LogP contribution in [-0.2, 0) is 17.9 Å². The maximum atomic E-state index is 12.1. The quantitative estimate of drug-likeness (QED) is 0.759. The van der Waals surface area contributed by atoms with E-state index in [0.29, 0.717) is 25.7 Å². The highest BCUT2D eigenvalue weighted by Gasteiger charge is 2.16. The van der Waals surface area contributed by atoms with Gasteiger partial charge in [-0.05, 0) is 38.3 Å². The fourth-order valence-corrected chi connectivity index (χ4v) is 3.95. The van der Waals surface area contributed by atoms with Crippen molar-refractivity contribution in [2.75, 3.05) is 6.54 Å². The van der Waals surface area contributed by atoms with Crippen molar-refractivity contribution in [1.29, 1.82) is 0 Å². The molecule has 1 saturated carbocycles. The molecule has 1 amide bonds. The molecule has 0 aliphatic heterocycles. The van der Waals surface area contributed by atoms with Gasteiger partial charge in [-0.3, -0.25) is 9.48 Å². The molecule has 1 aliphatic carbocycles. The number of halogens is 1. The van der Waals surface area contributed by atoms with Crippen molar-refractivity contribution < 1.29 is 4.79 Å². The van der Waals surface area contributed by atoms with Crippen LogP contribution in [0.2, 0.25) is 5.02 Å². The van der Waals surface area contributed by atoms with E-state index < -0.39 is 0 Å². The molecule has 3 rings (SSSR count). The van der Waals surface area contributed by atoms with Crippen molar-refractivity contribution in [3.05, 3.63) is 51.8 Å². The SMILES string of the molecule is Cc1nn(Cc2ccccc2Cl)c(C)c1CNCC(=O)NC1CCCCC1. The van der Waals surface area contributed by atoms with Crippen LogP contribution in [0.5, 0.6) is 0 Å². The molecule has 0 spiro atoms. The minimum absolute atomic E-state index is 0.0839. The Morgan fingerprint density at radius 2 is 1.96 bits per heavy atom. The normalized spacial score (nSPS) is 15.1. The van der Waals surface area contributed by atoms with Crippen LogP contribution in [-0.4, -0.2) is 28.3 Å². The van der Waals surface area contributed by atoms with Crippen LogP contribution in [0.25, 0.3) is 0 Å². The molecule has 0 saturated heterocycles. The molecule has 6 heteroatoms. The van der Waals surface area contributed by atoms with E-state index in [1.807, 2.05) is 35.9 Å². The lowest BCUT2D eigenvalue weighted by Crippen LogP contribution is -2.41. The molecule has 2 aromatic rings. The van der Waals surface area contributed by atoms with Gasteiger partial charge in [-0.1, -0.05) is 49.1 Å². The molecule has 0 bridgehead atoms. The summed E-state index contributed by atoms with van der Waals surface area (Å²) in [5, 5.41) is 11.8. The zero-order chi connectivity index (χ0) is 19.2. The summed E-state index contributed by atoms with van der Waals surface area (Å²) in [4.78, 5) is 12.1. The molecule has 2 N–H and O–H groups in total. The third-order valence-corrected chi connectivity index (χ3v) is 5.74. The number of aryl methyl sites for hydroxylation is 1. The highest BCUT2D eigenvalue weighted by molar-refractivity contribution is 6.31. The van der Waals surface area contributed by atoms with Gasteiger partial charge in [-0.2, -0.15) is 5.10 Å². The number of nitrogens with zero attached hydrogens (tertiary/aromatic N) is 2. The van der Waals surface area contributed by atoms with Crippen LogP contribution >= 0.6 is 11.6 Å². The topological polar surface area (TPSA) is 59.0 Å². The second-order valence-electron chi connectivity index (χ2n) is 7.40. The van der Waals surface area contributed by atoms with E-state index in [1.54, 1.807) is 0 Å². The molecule has 0 unspecified atom stereocenters. The highest BCUT2D eigenvalue weighted by atomic mass is 35.5. The predicted molar refractivity (Wildman–Crippen MR) is 109 cm³/mol. The number of rotatable bonds is 7. The van der Waals surface area contributed by atoms with Crippen molar-refractivity contribution >= 4 is 17.5 Å². The second kappa shape index (κ2) is 9.38. The minimum atomic E-state index is 0.0839. The minimum Gasteiger partial charge on any atom is -0.352 e. The number of benzene rings is 1. The molecule has 0 atom stereocenters. The second-order valence-corrected chi connectivity index (χ2v) is 7.81. The molecule has 1 aromatic carbocycles. The summed E-state index contributed by atoms with van der Waals surface area (Å²) in [6.45, 7) is 5.70. The average Bonchev–Trinajstić information content (AvgIpc) is 2.92. The molecule has 1 fully saturated rings. The van der Waals surface area contributed by atoms with Crippen molar-refractivity contribution in [3.63, 3.8) is 0 Å². The largest absolute Gasteiger partial charge is 0.352 e. The molecule has 1 aliphatic rings. The number of amides is 1. The van der Waals surface area contributed by atoms with E-state index >= 15 is 0 Å². The summed E-state index contributed by atoms with van der Waals surface area (Å²) >= 11 is 6.27. The van der Waals surface area contributed by atoms with Crippen LogP contribution in [0, 0.1) is 13.8 Å². The third-order valence-electron chi connectivity index (χ3n) is 5.37. The lowest BCUT2D eigenvalue weighted by molar-refractivity contribution is -0.121. The van der Waals surface area contributed by atoms with E-state index in [-0.39, 0.29) is 5.91 Å². The standard InChI is InChI=1S/C21H29ClN4O/c1-15-19(12-23-13-21(27)24-18-9-4-3-5-10-18)16(2)26(25-15)14-17-8-6-7-11-20(17)22/h6-8,11,18,23H,3-5,9-10,12-14H2,1-2H3,(H,24,27). The molecular weight excluding hydrogens is 360 g/mol. The lowest BCUT2D eigenvalue weighted by Gasteiger charge is -2.22. The van der Waals surface area contributed by atoms with Gasteiger partial charge in [0.25, 0.3) is 0 Å². The number of aromatic nitrogens is 2. The van der Waals surface area contributed by atoms with Crippen LogP contribution in [0.4, 0.5) is 0 Å². The van der Waals surface area contributed by atoms with Gasteiger partial charge in [0.2, 0.25) is 5.91 Å². The molecular formula is C21H29ClN4O. The monoisotopic (exact) mass is 388 g/mol. The fraction of sp³-hybridized carbons (Fsp3) is 0.524. The Hall–Kier alpha value is -1.85. The van der Waals surface area contributed by atoms with Crippen LogP contribution in [0.15, 0.2) is 24.3 Å². The number of carbonyl (C=O) groups excluding carboxylic acids is 1. The maximum Gasteiger partial charge on any atom is 0.234 e. The lowest BCUT2D eigenvalue weighted by atomic mass is 9.95. The summed E-state index contributed by atoms with van der Waals surface area (Å²) < 4.78 is 1.98. The van der Waals surface area contributed by atoms with E-state index in [1.165, 1.54) is 19.3 Å². The summed E-state index contributed by atoms with van der Waals surface area (Å²) in [6.07, 6.45) is 5.96. The molecule has 1 heterocycles. The van der Waals surface area contributed by atoms with Crippen LogP contribution in [0.3, 0.4) is 0 Å². The first-order valence-corrected chi connectivity index (χ1v) is 10.2. The summed E-state index contributed by atoms with van der Waals surface area (Å²) in [5.74, 6) is 0.0839. The summed E-state index contributed by atoms with van der Waals surface area (Å²) in [7, 11) is 0. The Labute approximate surface area is 166 Å². The summed E-state index contributed by atoms with van der Waals surface area (Å²) in [5.41, 5.74) is 4.29. The van der Waals surface area contributed by atoms with Gasteiger partial charge < -0.3 is 10.6 Å². The van der Waals surface area contributed by atoms with E-state index in [0.717, 1.165) is 40.4 Å². The zero-order valence-corrected chi connectivity index (χ0v) is 17.0. The van der Waals surface area contributed by atoms with Crippen LogP contribution < -0.4 is 10.6 Å². The first kappa shape index (κ1) is 19.9. The number of hydrogen-bond donors (Lipinski definition) is 2. The molecule has 0 radical (unpaired) electrons. The van der Waals surface area contributed by atoms with Crippen LogP contribution in [0.1, 0.15) is 54.6 Å². The smallest absolute Gasteiger partial charge is 0.234 e. The van der Waals surface area contributed by atoms with Crippen molar-refractivity contribution in [2.24, 2.45) is 0 Å². The van der Waals surface area contributed by atoms with E-state index in [2.05, 4.69) is 22.7 Å². The van der Waals surface area contributed by atoms with Gasteiger partial charge in [0.05, 0.1) is 18.8 Å². The fourth-order valence-electron chi connectivity index (χ4n) is 3.76. The Morgan fingerprint density at radius 1 is 1.22 bits per heavy atom. The third kappa shape index (κ3) is 5.33. The Morgan fingerprint density at radius 3 is 2.70 bits per heavy atom. The maximum absolute atomic E-state index is 12.1. The molecule has 146 valence electrons. The highest BCUT2D eigenvalue weighted by Crippen LogP contribution is 2.19. The zero-order valence-electron chi connectivity index (χ0n) is 16.2. The van der Waals surface area contributed by atoms with Gasteiger partial charge in [0, 0.05) is 28.9 Å². The number of nitrogens with one attached hydrogen (secondary N) is 2. The van der Waals surface area contributed by atoms with E-state index in [9.17, 15) is 4.79 Å². The van der Waals surface area contributed by atoms with Gasteiger partial charge in [-0.25, -0.2) is 0 Å². The van der Waals surface area contributed by atoms with Gasteiger partial charge in [-0.15, -0.1) is 0 Å².